The molecule has 0 heterocycles. The Morgan fingerprint density at radius 2 is 0.333 bits per heavy atom. The second-order valence-electron chi connectivity index (χ2n) is 21.5. The SMILES string of the molecule is CCCCCCCCCCCCCCCCCCCCCCCCCCCCc1cc(C)cc(CCCCCCCCCCCCCCCCCCCCCCCCCCCC)c1. The number of aryl methyl sites for hydroxylation is 3. The Balaban J connectivity index is 1.79. The molecule has 0 bridgehead atoms. The lowest BCUT2D eigenvalue weighted by atomic mass is 9.97. The molecule has 1 rings (SSSR count). The van der Waals surface area contributed by atoms with Gasteiger partial charge >= 0.3 is 0 Å². The highest BCUT2D eigenvalue weighted by molar-refractivity contribution is 5.29. The Morgan fingerprint density at radius 3 is 0.492 bits per heavy atom. The van der Waals surface area contributed by atoms with E-state index in [-0.39, 0.29) is 0 Å². The van der Waals surface area contributed by atoms with Gasteiger partial charge in [-0.05, 0) is 43.7 Å². The van der Waals surface area contributed by atoms with Crippen LogP contribution < -0.4 is 0 Å². The third-order valence-electron chi connectivity index (χ3n) is 14.8. The van der Waals surface area contributed by atoms with Crippen LogP contribution in [0.2, 0.25) is 0 Å². The summed E-state index contributed by atoms with van der Waals surface area (Å²) in [6, 6.07) is 7.47. The summed E-state index contributed by atoms with van der Waals surface area (Å²) in [5, 5.41) is 0. The quantitative estimate of drug-likeness (QED) is 0.0572. The van der Waals surface area contributed by atoms with Crippen molar-refractivity contribution in [3.05, 3.63) is 34.9 Å². The van der Waals surface area contributed by atoms with Crippen molar-refractivity contribution in [1.29, 1.82) is 0 Å². The van der Waals surface area contributed by atoms with Gasteiger partial charge in [-0.15, -0.1) is 0 Å². The second kappa shape index (κ2) is 52.2. The smallest absolute Gasteiger partial charge is 0.0279 e. The van der Waals surface area contributed by atoms with E-state index >= 15 is 0 Å². The molecule has 0 nitrogen and oxygen atoms in total. The first-order valence-electron chi connectivity index (χ1n) is 30.4. The predicted molar refractivity (Wildman–Crippen MR) is 290 cm³/mol. The van der Waals surface area contributed by atoms with E-state index in [0.717, 1.165) is 0 Å². The van der Waals surface area contributed by atoms with Crippen LogP contribution in [0.15, 0.2) is 18.2 Å². The van der Waals surface area contributed by atoms with E-state index in [4.69, 9.17) is 0 Å². The molecule has 372 valence electrons. The van der Waals surface area contributed by atoms with Gasteiger partial charge < -0.3 is 0 Å². The van der Waals surface area contributed by atoms with E-state index in [0.29, 0.717) is 0 Å². The maximum atomic E-state index is 2.55. The molecule has 0 aliphatic heterocycles. The summed E-state index contributed by atoms with van der Waals surface area (Å²) in [4.78, 5) is 0. The molecule has 0 fully saturated rings. The van der Waals surface area contributed by atoms with Gasteiger partial charge in [0.15, 0.2) is 0 Å². The van der Waals surface area contributed by atoms with Crippen LogP contribution in [0.1, 0.15) is 364 Å². The molecule has 0 N–H and O–H groups in total. The summed E-state index contributed by atoms with van der Waals surface area (Å²) in [5.74, 6) is 0. The monoisotopic (exact) mass is 877 g/mol. The summed E-state index contributed by atoms with van der Waals surface area (Å²) >= 11 is 0. The lowest BCUT2D eigenvalue weighted by molar-refractivity contribution is 0.515. The summed E-state index contributed by atoms with van der Waals surface area (Å²) in [7, 11) is 0. The molecule has 0 saturated carbocycles. The second-order valence-corrected chi connectivity index (χ2v) is 21.5. The number of rotatable bonds is 54. The standard InChI is InChI=1S/C63H120/c1-4-6-8-10-12-14-16-18-20-22-24-26-28-30-32-34-36-38-40-42-44-46-48-50-52-54-56-62-58-61(3)59-63(60-62)57-55-53-51-49-47-45-43-41-39-37-35-33-31-29-27-25-23-21-19-17-15-13-11-9-7-5-2/h58-60H,4-57H2,1-3H3. The number of unbranched alkanes of at least 4 members (excludes halogenated alkanes) is 50. The Kier molecular flexibility index (Phi) is 49.9. The third kappa shape index (κ3) is 47.5. The van der Waals surface area contributed by atoms with E-state index in [1.807, 2.05) is 0 Å². The van der Waals surface area contributed by atoms with Crippen LogP contribution in [0.25, 0.3) is 0 Å². The summed E-state index contributed by atoms with van der Waals surface area (Å²) in [6.45, 7) is 6.94. The first-order chi connectivity index (χ1) is 31.3. The minimum absolute atomic E-state index is 1.29. The van der Waals surface area contributed by atoms with Gasteiger partial charge in [0.2, 0.25) is 0 Å². The molecule has 0 spiro atoms. The van der Waals surface area contributed by atoms with Gasteiger partial charge in [-0.25, -0.2) is 0 Å². The predicted octanol–water partition coefficient (Wildman–Crippen LogP) is 23.4. The zero-order valence-electron chi connectivity index (χ0n) is 44.4. The Labute approximate surface area is 400 Å². The van der Waals surface area contributed by atoms with Gasteiger partial charge in [0, 0.05) is 0 Å². The van der Waals surface area contributed by atoms with Crippen LogP contribution in [0.3, 0.4) is 0 Å². The van der Waals surface area contributed by atoms with Gasteiger partial charge in [0.1, 0.15) is 0 Å². The van der Waals surface area contributed by atoms with Crippen molar-refractivity contribution in [3.8, 4) is 0 Å². The average molecular weight is 878 g/mol. The average Bonchev–Trinajstić information content (AvgIpc) is 3.28. The fraction of sp³-hybridized carbons (Fsp3) is 0.905. The molecule has 0 radical (unpaired) electrons. The maximum absolute atomic E-state index is 2.55. The van der Waals surface area contributed by atoms with Gasteiger partial charge in [0.25, 0.3) is 0 Å². The van der Waals surface area contributed by atoms with Gasteiger partial charge in [-0.3, -0.25) is 0 Å². The van der Waals surface area contributed by atoms with Crippen molar-refractivity contribution < 1.29 is 0 Å². The molecule has 1 aromatic rings. The summed E-state index contributed by atoms with van der Waals surface area (Å²) in [5.41, 5.74) is 4.68. The molecular formula is C63H120. The minimum atomic E-state index is 1.29. The topological polar surface area (TPSA) is 0 Å². The minimum Gasteiger partial charge on any atom is -0.0654 e. The Hall–Kier alpha value is -0.780. The molecule has 1 aromatic carbocycles. The van der Waals surface area contributed by atoms with Crippen molar-refractivity contribution in [2.24, 2.45) is 0 Å². The fourth-order valence-electron chi connectivity index (χ4n) is 10.5. The summed E-state index contributed by atoms with van der Waals surface area (Å²) in [6.07, 6.45) is 78.9. The molecule has 0 aliphatic rings. The molecule has 63 heavy (non-hydrogen) atoms. The molecule has 0 unspecified atom stereocenters. The molecule has 0 saturated heterocycles. The first-order valence-corrected chi connectivity index (χ1v) is 30.4. The van der Waals surface area contributed by atoms with E-state index < -0.39 is 0 Å². The molecule has 0 amide bonds. The van der Waals surface area contributed by atoms with Crippen molar-refractivity contribution in [2.45, 2.75) is 367 Å². The number of hydrogen-bond donors (Lipinski definition) is 0. The number of benzene rings is 1. The van der Waals surface area contributed by atoms with Crippen molar-refractivity contribution >= 4 is 0 Å². The maximum Gasteiger partial charge on any atom is -0.0279 e. The van der Waals surface area contributed by atoms with Gasteiger partial charge in [0.05, 0.1) is 0 Å². The van der Waals surface area contributed by atoms with Crippen LogP contribution >= 0.6 is 0 Å². The Bertz CT molecular complexity index is 900. The Morgan fingerprint density at radius 1 is 0.190 bits per heavy atom. The lowest BCUT2D eigenvalue weighted by Crippen LogP contribution is -1.93. The van der Waals surface area contributed by atoms with Crippen LogP contribution in [-0.2, 0) is 12.8 Å². The van der Waals surface area contributed by atoms with Crippen LogP contribution in [-0.4, -0.2) is 0 Å². The van der Waals surface area contributed by atoms with E-state index in [1.165, 1.54) is 352 Å². The van der Waals surface area contributed by atoms with Gasteiger partial charge in [-0.2, -0.15) is 0 Å². The largest absolute Gasteiger partial charge is 0.0654 e. The van der Waals surface area contributed by atoms with E-state index in [1.54, 1.807) is 11.1 Å². The zero-order chi connectivity index (χ0) is 45.0. The van der Waals surface area contributed by atoms with Crippen molar-refractivity contribution in [2.75, 3.05) is 0 Å². The van der Waals surface area contributed by atoms with Crippen LogP contribution in [0.5, 0.6) is 0 Å². The van der Waals surface area contributed by atoms with E-state index in [2.05, 4.69) is 39.0 Å². The van der Waals surface area contributed by atoms with Crippen LogP contribution in [0.4, 0.5) is 0 Å². The molecule has 0 heteroatoms. The summed E-state index contributed by atoms with van der Waals surface area (Å²) < 4.78 is 0. The number of hydrogen-bond acceptors (Lipinski definition) is 0. The third-order valence-corrected chi connectivity index (χ3v) is 14.8. The highest BCUT2D eigenvalue weighted by Crippen LogP contribution is 2.20. The lowest BCUT2D eigenvalue weighted by Gasteiger charge is -2.09. The van der Waals surface area contributed by atoms with Crippen molar-refractivity contribution in [1.82, 2.24) is 0 Å². The molecule has 0 atom stereocenters. The van der Waals surface area contributed by atoms with Crippen molar-refractivity contribution in [3.63, 3.8) is 0 Å². The van der Waals surface area contributed by atoms with Gasteiger partial charge in [-0.1, -0.05) is 359 Å². The fourth-order valence-corrected chi connectivity index (χ4v) is 10.5. The molecular weight excluding hydrogens is 757 g/mol. The highest BCUT2D eigenvalue weighted by atomic mass is 14.1. The van der Waals surface area contributed by atoms with Crippen LogP contribution in [0, 0.1) is 6.92 Å². The van der Waals surface area contributed by atoms with E-state index in [9.17, 15) is 0 Å². The first kappa shape index (κ1) is 60.2. The molecule has 0 aromatic heterocycles. The highest BCUT2D eigenvalue weighted by Gasteiger charge is 2.03. The molecule has 0 aliphatic carbocycles. The zero-order valence-corrected chi connectivity index (χ0v) is 44.4. The normalized spacial score (nSPS) is 11.7.